The Morgan fingerprint density at radius 1 is 1.64 bits per heavy atom. The quantitative estimate of drug-likeness (QED) is 0.610. The van der Waals surface area contributed by atoms with Gasteiger partial charge in [0.1, 0.15) is 5.44 Å². The van der Waals surface area contributed by atoms with Crippen LogP contribution < -0.4 is 11.2 Å². The van der Waals surface area contributed by atoms with Gasteiger partial charge in [0.05, 0.1) is 6.29 Å². The van der Waals surface area contributed by atoms with Crippen LogP contribution in [0.3, 0.4) is 0 Å². The number of pyridine rings is 1. The molecule has 0 radical (unpaired) electrons. The van der Waals surface area contributed by atoms with Crippen LogP contribution in [0.1, 0.15) is 0 Å². The molecule has 60 valence electrons. The lowest BCUT2D eigenvalue weighted by Gasteiger charge is -2.05. The van der Waals surface area contributed by atoms with Gasteiger partial charge in [0, 0.05) is 6.20 Å². The Kier molecular flexibility index (Phi) is 2.39. The van der Waals surface area contributed by atoms with Crippen molar-refractivity contribution in [1.82, 2.24) is 4.98 Å². The van der Waals surface area contributed by atoms with Gasteiger partial charge in [-0.25, -0.2) is 0 Å². The van der Waals surface area contributed by atoms with Crippen LogP contribution in [0.25, 0.3) is 0 Å². The fourth-order valence-electron chi connectivity index (χ4n) is 0.654. The highest BCUT2D eigenvalue weighted by atomic mass is 31.2. The number of rotatable bonds is 2. The van der Waals surface area contributed by atoms with E-state index >= 15 is 0 Å². The second-order valence-corrected chi connectivity index (χ2v) is 4.30. The normalized spacial score (nSPS) is 15.8. The molecule has 0 fully saturated rings. The van der Waals surface area contributed by atoms with E-state index < -0.39 is 7.37 Å². The van der Waals surface area contributed by atoms with Gasteiger partial charge in [0.15, 0.2) is 0 Å². The first-order chi connectivity index (χ1) is 5.17. The number of aromatic nitrogens is 1. The third-order valence-electron chi connectivity index (χ3n) is 1.25. The summed E-state index contributed by atoms with van der Waals surface area (Å²) in [5.74, 6) is 0. The Balaban J connectivity index is 3.03. The predicted octanol–water partition coefficient (Wildman–Crippen LogP) is -0.107. The van der Waals surface area contributed by atoms with Crippen molar-refractivity contribution in [3.8, 4) is 0 Å². The number of hydrogen-bond donors (Lipinski definition) is 2. The molecule has 0 aliphatic rings. The fraction of sp³-hybridized carbons (Fsp3) is 0.167. The van der Waals surface area contributed by atoms with Crippen molar-refractivity contribution in [1.29, 1.82) is 0 Å². The summed E-state index contributed by atoms with van der Waals surface area (Å²) in [6.07, 6.45) is 1.21. The molecule has 0 saturated heterocycles. The molecule has 0 spiro atoms. The highest BCUT2D eigenvalue weighted by Gasteiger charge is 2.19. The van der Waals surface area contributed by atoms with Gasteiger partial charge >= 0.3 is 0 Å². The smallest absolute Gasteiger partial charge is 0.260 e. The minimum absolute atomic E-state index is 0.169. The molecule has 5 heteroatoms. The zero-order chi connectivity index (χ0) is 8.32. The number of nitrogens with zero attached hydrogens (tertiary/aromatic N) is 1. The molecule has 1 aromatic heterocycles. The van der Waals surface area contributed by atoms with Gasteiger partial charge in [0.2, 0.25) is 0 Å². The predicted molar refractivity (Wildman–Crippen MR) is 42.8 cm³/mol. The van der Waals surface area contributed by atoms with Crippen LogP contribution in [0.4, 0.5) is 0 Å². The molecular weight excluding hydrogens is 163 g/mol. The van der Waals surface area contributed by atoms with Crippen LogP contribution in [0.15, 0.2) is 24.4 Å². The lowest BCUT2D eigenvalue weighted by atomic mass is 10.5. The van der Waals surface area contributed by atoms with Crippen molar-refractivity contribution in [2.45, 2.75) is 0 Å². The van der Waals surface area contributed by atoms with Gasteiger partial charge in [-0.1, -0.05) is 6.07 Å². The van der Waals surface area contributed by atoms with Crippen LogP contribution in [0.2, 0.25) is 0 Å². The summed E-state index contributed by atoms with van der Waals surface area (Å²) in [5.41, 5.74) is 5.25. The fourth-order valence-corrected chi connectivity index (χ4v) is 1.41. The maximum absolute atomic E-state index is 11.2. The average molecular weight is 172 g/mol. The molecule has 1 atom stereocenters. The first-order valence-corrected chi connectivity index (χ1v) is 4.95. The van der Waals surface area contributed by atoms with Gasteiger partial charge in [-0.2, -0.15) is 0 Å². The largest absolute Gasteiger partial charge is 0.339 e. The van der Waals surface area contributed by atoms with E-state index in [4.69, 9.17) is 10.6 Å². The first-order valence-electron chi connectivity index (χ1n) is 3.10. The summed E-state index contributed by atoms with van der Waals surface area (Å²) in [6.45, 7) is 0. The van der Waals surface area contributed by atoms with Gasteiger partial charge in [-0.15, -0.1) is 0 Å². The van der Waals surface area contributed by atoms with E-state index in [1.165, 1.54) is 12.3 Å². The van der Waals surface area contributed by atoms with E-state index in [0.29, 0.717) is 0 Å². The standard InChI is InChI=1S/C6H9N2O2P/c7-5-11(9,10)6-3-1-2-4-8-6/h1-4H,5,7H2,(H,9,10). The zero-order valence-corrected chi connectivity index (χ0v) is 6.74. The van der Waals surface area contributed by atoms with Gasteiger partial charge in [-0.05, 0) is 12.1 Å². The van der Waals surface area contributed by atoms with Crippen LogP contribution >= 0.6 is 7.37 Å². The SMILES string of the molecule is NCP(=O)(O)c1ccccn1. The van der Waals surface area contributed by atoms with Gasteiger partial charge in [-0.3, -0.25) is 9.55 Å². The van der Waals surface area contributed by atoms with Crippen molar-refractivity contribution in [3.05, 3.63) is 24.4 Å². The Morgan fingerprint density at radius 3 is 2.82 bits per heavy atom. The summed E-state index contributed by atoms with van der Waals surface area (Å²) in [4.78, 5) is 12.9. The average Bonchev–Trinajstić information content (AvgIpc) is 2.06. The maximum atomic E-state index is 11.2. The van der Waals surface area contributed by atoms with Crippen LogP contribution in [-0.4, -0.2) is 16.2 Å². The Morgan fingerprint density at radius 2 is 2.36 bits per heavy atom. The van der Waals surface area contributed by atoms with E-state index in [1.807, 2.05) is 0 Å². The first kappa shape index (κ1) is 8.40. The molecule has 0 aliphatic heterocycles. The van der Waals surface area contributed by atoms with Crippen molar-refractivity contribution in [3.63, 3.8) is 0 Å². The monoisotopic (exact) mass is 172 g/mol. The summed E-state index contributed by atoms with van der Waals surface area (Å²) in [7, 11) is -3.36. The lowest BCUT2D eigenvalue weighted by Crippen LogP contribution is -2.14. The van der Waals surface area contributed by atoms with E-state index in [2.05, 4.69) is 4.98 Å². The van der Waals surface area contributed by atoms with Gasteiger partial charge in [0.25, 0.3) is 7.37 Å². The van der Waals surface area contributed by atoms with E-state index in [1.54, 1.807) is 12.1 Å². The topological polar surface area (TPSA) is 76.2 Å². The highest BCUT2D eigenvalue weighted by Crippen LogP contribution is 2.35. The molecule has 11 heavy (non-hydrogen) atoms. The zero-order valence-electron chi connectivity index (χ0n) is 5.84. The Hall–Kier alpha value is -0.700. The molecule has 3 N–H and O–H groups in total. The molecule has 0 aromatic carbocycles. The Bertz CT molecular complexity index is 275. The second-order valence-electron chi connectivity index (χ2n) is 2.07. The molecule has 1 heterocycles. The molecule has 4 nitrogen and oxygen atoms in total. The van der Waals surface area contributed by atoms with E-state index in [-0.39, 0.29) is 11.7 Å². The lowest BCUT2D eigenvalue weighted by molar-refractivity contribution is 0.489. The Labute approximate surface area is 64.5 Å². The summed E-state index contributed by atoms with van der Waals surface area (Å²) in [6, 6.07) is 4.83. The van der Waals surface area contributed by atoms with Crippen molar-refractivity contribution >= 4 is 12.8 Å². The van der Waals surface area contributed by atoms with Crippen LogP contribution in [0.5, 0.6) is 0 Å². The van der Waals surface area contributed by atoms with Crippen molar-refractivity contribution < 1.29 is 9.46 Å². The molecule has 0 saturated carbocycles. The minimum Gasteiger partial charge on any atom is -0.339 e. The van der Waals surface area contributed by atoms with Crippen molar-refractivity contribution in [2.75, 3.05) is 6.29 Å². The molecule has 0 amide bonds. The van der Waals surface area contributed by atoms with Gasteiger partial charge < -0.3 is 10.6 Å². The summed E-state index contributed by atoms with van der Waals surface area (Å²) >= 11 is 0. The third kappa shape index (κ3) is 1.87. The second kappa shape index (κ2) is 3.13. The molecule has 1 rings (SSSR count). The number of hydrogen-bond acceptors (Lipinski definition) is 3. The summed E-state index contributed by atoms with van der Waals surface area (Å²) in [5, 5.41) is 0. The van der Waals surface area contributed by atoms with E-state index in [0.717, 1.165) is 0 Å². The molecule has 1 aromatic rings. The van der Waals surface area contributed by atoms with E-state index in [9.17, 15) is 4.57 Å². The number of nitrogens with two attached hydrogens (primary N) is 1. The van der Waals surface area contributed by atoms with Crippen LogP contribution in [0, 0.1) is 0 Å². The van der Waals surface area contributed by atoms with Crippen LogP contribution in [-0.2, 0) is 4.57 Å². The molecule has 1 unspecified atom stereocenters. The molecular formula is C6H9N2O2P. The maximum Gasteiger partial charge on any atom is 0.260 e. The third-order valence-corrected chi connectivity index (χ3v) is 2.73. The molecule has 0 bridgehead atoms. The summed E-state index contributed by atoms with van der Waals surface area (Å²) < 4.78 is 11.2. The van der Waals surface area contributed by atoms with Crippen molar-refractivity contribution in [2.24, 2.45) is 5.73 Å². The molecule has 0 aliphatic carbocycles. The minimum atomic E-state index is -3.36. The highest BCUT2D eigenvalue weighted by molar-refractivity contribution is 7.65.